The molecular formula is C20H23N3O3. The van der Waals surface area contributed by atoms with Gasteiger partial charge in [-0.25, -0.2) is 0 Å². The molecule has 1 amide bonds. The van der Waals surface area contributed by atoms with Gasteiger partial charge in [0.2, 0.25) is 0 Å². The number of rotatable bonds is 5. The summed E-state index contributed by atoms with van der Waals surface area (Å²) in [4.78, 5) is 26.0. The number of carbonyl (C=O) groups excluding carboxylic acids is 1. The fourth-order valence-corrected chi connectivity index (χ4v) is 3.38. The molecule has 3 rings (SSSR count). The average Bonchev–Trinajstić information content (AvgIpc) is 2.66. The van der Waals surface area contributed by atoms with Gasteiger partial charge in [-0.2, -0.15) is 0 Å². The summed E-state index contributed by atoms with van der Waals surface area (Å²) < 4.78 is 0. The van der Waals surface area contributed by atoms with Crippen molar-refractivity contribution in [2.75, 3.05) is 5.32 Å². The fourth-order valence-electron chi connectivity index (χ4n) is 3.38. The number of nitro groups is 1. The minimum absolute atomic E-state index is 0.00161. The topological polar surface area (TPSA) is 75.5 Å². The molecule has 2 aromatic rings. The van der Waals surface area contributed by atoms with Gasteiger partial charge >= 0.3 is 0 Å². The summed E-state index contributed by atoms with van der Waals surface area (Å²) in [5, 5.41) is 14.8. The van der Waals surface area contributed by atoms with Crippen molar-refractivity contribution in [2.45, 2.75) is 45.8 Å². The van der Waals surface area contributed by atoms with Crippen molar-refractivity contribution in [3.05, 3.63) is 69.3 Å². The minimum atomic E-state index is -0.433. The Balaban J connectivity index is 2.11. The number of nitro benzene ring substituents is 1. The van der Waals surface area contributed by atoms with Gasteiger partial charge in [0.25, 0.3) is 11.6 Å². The van der Waals surface area contributed by atoms with E-state index in [1.807, 2.05) is 45.0 Å². The molecule has 0 unspecified atom stereocenters. The van der Waals surface area contributed by atoms with E-state index < -0.39 is 6.17 Å². The van der Waals surface area contributed by atoms with E-state index in [0.29, 0.717) is 17.5 Å². The number of fused-ring (bicyclic) bond motifs is 1. The molecule has 2 atom stereocenters. The number of aryl methyl sites for hydroxylation is 1. The van der Waals surface area contributed by atoms with E-state index in [2.05, 4.69) is 5.32 Å². The van der Waals surface area contributed by atoms with Gasteiger partial charge in [-0.1, -0.05) is 38.1 Å². The third-order valence-electron chi connectivity index (χ3n) is 5.03. The molecule has 136 valence electrons. The number of benzene rings is 2. The third-order valence-corrected chi connectivity index (χ3v) is 5.03. The van der Waals surface area contributed by atoms with Crippen LogP contribution in [0.4, 0.5) is 11.4 Å². The molecule has 0 saturated carbocycles. The Morgan fingerprint density at radius 2 is 1.96 bits per heavy atom. The number of anilines is 1. The van der Waals surface area contributed by atoms with Crippen LogP contribution in [0.15, 0.2) is 42.5 Å². The van der Waals surface area contributed by atoms with Crippen molar-refractivity contribution >= 4 is 17.3 Å². The number of hydrogen-bond acceptors (Lipinski definition) is 4. The molecule has 0 fully saturated rings. The summed E-state index contributed by atoms with van der Waals surface area (Å²) >= 11 is 0. The van der Waals surface area contributed by atoms with Crippen LogP contribution in [0.2, 0.25) is 0 Å². The Bertz CT molecular complexity index is 850. The maximum Gasteiger partial charge on any atom is 0.272 e. The molecule has 1 N–H and O–H groups in total. The molecular weight excluding hydrogens is 330 g/mol. The van der Waals surface area contributed by atoms with Gasteiger partial charge < -0.3 is 10.2 Å². The first kappa shape index (κ1) is 17.9. The molecule has 6 nitrogen and oxygen atoms in total. The molecule has 0 aliphatic carbocycles. The SMILES string of the molecule is CCc1ccc([C@H]2Nc3ccccc3C(=O)N2[C@H](C)CC)cc1[N+](=O)[O-]. The first-order valence-electron chi connectivity index (χ1n) is 8.93. The van der Waals surface area contributed by atoms with Gasteiger partial charge in [-0.15, -0.1) is 0 Å². The van der Waals surface area contributed by atoms with Crippen molar-refractivity contribution in [2.24, 2.45) is 0 Å². The number of hydrogen-bond donors (Lipinski definition) is 1. The first-order chi connectivity index (χ1) is 12.5. The molecule has 0 aromatic heterocycles. The zero-order valence-corrected chi connectivity index (χ0v) is 15.2. The van der Waals surface area contributed by atoms with Crippen molar-refractivity contribution in [3.63, 3.8) is 0 Å². The molecule has 0 saturated heterocycles. The lowest BCUT2D eigenvalue weighted by Gasteiger charge is -2.41. The van der Waals surface area contributed by atoms with Crippen LogP contribution in [0.25, 0.3) is 0 Å². The lowest BCUT2D eigenvalue weighted by Crippen LogP contribution is -2.47. The zero-order valence-electron chi connectivity index (χ0n) is 15.2. The molecule has 2 aromatic carbocycles. The molecule has 1 heterocycles. The van der Waals surface area contributed by atoms with Crippen LogP contribution in [0, 0.1) is 10.1 Å². The minimum Gasteiger partial charge on any atom is -0.361 e. The van der Waals surface area contributed by atoms with Crippen molar-refractivity contribution in [1.29, 1.82) is 0 Å². The van der Waals surface area contributed by atoms with Gasteiger partial charge in [0.05, 0.1) is 10.5 Å². The Morgan fingerprint density at radius 3 is 2.62 bits per heavy atom. The molecule has 26 heavy (non-hydrogen) atoms. The molecule has 6 heteroatoms. The molecule has 0 spiro atoms. The van der Waals surface area contributed by atoms with E-state index >= 15 is 0 Å². The average molecular weight is 353 g/mol. The fraction of sp³-hybridized carbons (Fsp3) is 0.350. The smallest absolute Gasteiger partial charge is 0.272 e. The highest BCUT2D eigenvalue weighted by Gasteiger charge is 2.36. The number of para-hydroxylation sites is 1. The summed E-state index contributed by atoms with van der Waals surface area (Å²) in [5.74, 6) is -0.0547. The van der Waals surface area contributed by atoms with Crippen LogP contribution in [-0.2, 0) is 6.42 Å². The van der Waals surface area contributed by atoms with Gasteiger partial charge in [-0.05, 0) is 31.9 Å². The summed E-state index contributed by atoms with van der Waals surface area (Å²) in [5.41, 5.74) is 2.89. The second-order valence-electron chi connectivity index (χ2n) is 6.56. The Labute approximate surface area is 153 Å². The number of nitrogens with one attached hydrogen (secondary N) is 1. The van der Waals surface area contributed by atoms with Crippen LogP contribution in [0.5, 0.6) is 0 Å². The summed E-state index contributed by atoms with van der Waals surface area (Å²) in [6.07, 6.45) is 0.948. The van der Waals surface area contributed by atoms with Crippen molar-refractivity contribution in [1.82, 2.24) is 4.90 Å². The maximum absolute atomic E-state index is 13.1. The van der Waals surface area contributed by atoms with Gasteiger partial charge in [0.1, 0.15) is 6.17 Å². The Kier molecular flexibility index (Phi) is 4.93. The molecule has 0 bridgehead atoms. The standard InChI is InChI=1S/C20H23N3O3/c1-4-13(3)22-19(21-17-9-7-6-8-16(17)20(22)24)15-11-10-14(5-2)18(12-15)23(25)26/h6-13,19,21H,4-5H2,1-3H3/t13-,19+/m1/s1. The van der Waals surface area contributed by atoms with Crippen molar-refractivity contribution < 1.29 is 9.72 Å². The normalized spacial score (nSPS) is 17.4. The van der Waals surface area contributed by atoms with Gasteiger partial charge in [0.15, 0.2) is 0 Å². The predicted molar refractivity (Wildman–Crippen MR) is 101 cm³/mol. The molecule has 1 aliphatic rings. The third kappa shape index (κ3) is 3.03. The Hall–Kier alpha value is -2.89. The van der Waals surface area contributed by atoms with Crippen LogP contribution in [0.3, 0.4) is 0 Å². The number of nitrogens with zero attached hydrogens (tertiary/aromatic N) is 2. The van der Waals surface area contributed by atoms with E-state index in [0.717, 1.165) is 17.7 Å². The van der Waals surface area contributed by atoms with E-state index in [1.54, 1.807) is 23.1 Å². The second kappa shape index (κ2) is 7.15. The lowest BCUT2D eigenvalue weighted by atomic mass is 9.99. The summed E-state index contributed by atoms with van der Waals surface area (Å²) in [7, 11) is 0. The maximum atomic E-state index is 13.1. The summed E-state index contributed by atoms with van der Waals surface area (Å²) in [6, 6.07) is 12.6. The van der Waals surface area contributed by atoms with E-state index in [4.69, 9.17) is 0 Å². The van der Waals surface area contributed by atoms with Crippen LogP contribution in [0.1, 0.15) is 54.8 Å². The lowest BCUT2D eigenvalue weighted by molar-refractivity contribution is -0.385. The van der Waals surface area contributed by atoms with Gasteiger partial charge in [-0.3, -0.25) is 14.9 Å². The highest BCUT2D eigenvalue weighted by molar-refractivity contribution is 6.01. The first-order valence-corrected chi connectivity index (χ1v) is 8.93. The summed E-state index contributed by atoms with van der Waals surface area (Å²) in [6.45, 7) is 5.92. The monoisotopic (exact) mass is 353 g/mol. The number of amides is 1. The highest BCUT2D eigenvalue weighted by atomic mass is 16.6. The van der Waals surface area contributed by atoms with E-state index in [-0.39, 0.29) is 22.6 Å². The number of carbonyl (C=O) groups is 1. The second-order valence-corrected chi connectivity index (χ2v) is 6.56. The van der Waals surface area contributed by atoms with Crippen LogP contribution >= 0.6 is 0 Å². The Morgan fingerprint density at radius 1 is 1.23 bits per heavy atom. The van der Waals surface area contributed by atoms with Crippen LogP contribution in [-0.4, -0.2) is 21.8 Å². The van der Waals surface area contributed by atoms with Crippen molar-refractivity contribution in [3.8, 4) is 0 Å². The molecule has 0 radical (unpaired) electrons. The predicted octanol–water partition coefficient (Wildman–Crippen LogP) is 4.52. The van der Waals surface area contributed by atoms with Crippen LogP contribution < -0.4 is 5.32 Å². The van der Waals surface area contributed by atoms with E-state index in [1.165, 1.54) is 0 Å². The zero-order chi connectivity index (χ0) is 18.8. The highest BCUT2D eigenvalue weighted by Crippen LogP contribution is 2.36. The quantitative estimate of drug-likeness (QED) is 0.633. The van der Waals surface area contributed by atoms with E-state index in [9.17, 15) is 14.9 Å². The molecule has 1 aliphatic heterocycles. The largest absolute Gasteiger partial charge is 0.361 e. The van der Waals surface area contributed by atoms with Gasteiger partial charge in [0, 0.05) is 28.9 Å².